The van der Waals surface area contributed by atoms with Gasteiger partial charge in [0.1, 0.15) is 5.82 Å². The van der Waals surface area contributed by atoms with Gasteiger partial charge in [0.2, 0.25) is 5.91 Å². The highest BCUT2D eigenvalue weighted by Crippen LogP contribution is 2.31. The summed E-state index contributed by atoms with van der Waals surface area (Å²) in [6.07, 6.45) is 1.70. The summed E-state index contributed by atoms with van der Waals surface area (Å²) in [6.45, 7) is 0. The molecular weight excluding hydrogens is 315 g/mol. The Morgan fingerprint density at radius 3 is 2.60 bits per heavy atom. The second-order valence-corrected chi connectivity index (χ2v) is 4.67. The highest BCUT2D eigenvalue weighted by Gasteiger charge is 2.30. The Bertz CT molecular complexity index is 395. The van der Waals surface area contributed by atoms with Crippen LogP contribution in [-0.2, 0) is 4.79 Å². The molecule has 1 aliphatic rings. The van der Waals surface area contributed by atoms with Crippen LogP contribution in [0, 0.1) is 21.1 Å². The van der Waals surface area contributed by atoms with Gasteiger partial charge >= 0.3 is 0 Å². The van der Waals surface area contributed by atoms with Gasteiger partial charge in [-0.3, -0.25) is 4.79 Å². The van der Waals surface area contributed by atoms with Crippen molar-refractivity contribution in [3.63, 3.8) is 0 Å². The van der Waals surface area contributed by atoms with Crippen LogP contribution in [0.25, 0.3) is 0 Å². The van der Waals surface area contributed by atoms with E-state index in [-0.39, 0.29) is 17.5 Å². The Hall–Kier alpha value is -0.720. The minimum Gasteiger partial charge on any atom is -0.322 e. The van der Waals surface area contributed by atoms with E-state index in [9.17, 15) is 13.6 Å². The molecule has 1 aliphatic carbocycles. The van der Waals surface area contributed by atoms with E-state index >= 15 is 0 Å². The number of hydrogen-bond acceptors (Lipinski definition) is 1. The number of carbonyl (C=O) groups excluding carboxylic acids is 1. The molecule has 0 radical (unpaired) electrons. The van der Waals surface area contributed by atoms with Gasteiger partial charge in [-0.25, -0.2) is 8.78 Å². The first kappa shape index (κ1) is 10.8. The van der Waals surface area contributed by atoms with E-state index in [4.69, 9.17) is 0 Å². The predicted molar refractivity (Wildman–Crippen MR) is 60.4 cm³/mol. The molecule has 0 bridgehead atoms. The molecule has 0 atom stereocenters. The maximum atomic E-state index is 13.3. The van der Waals surface area contributed by atoms with E-state index in [0.29, 0.717) is 3.57 Å². The van der Waals surface area contributed by atoms with Crippen molar-refractivity contribution in [1.82, 2.24) is 0 Å². The predicted octanol–water partition coefficient (Wildman–Crippen LogP) is 2.92. The van der Waals surface area contributed by atoms with Crippen LogP contribution in [0.3, 0.4) is 0 Å². The Labute approximate surface area is 99.2 Å². The van der Waals surface area contributed by atoms with Gasteiger partial charge < -0.3 is 5.32 Å². The molecule has 0 saturated heterocycles. The summed E-state index contributed by atoms with van der Waals surface area (Å²) in [5.74, 6) is -1.54. The molecule has 0 spiro atoms. The Morgan fingerprint density at radius 1 is 1.40 bits per heavy atom. The van der Waals surface area contributed by atoms with Crippen LogP contribution in [0.4, 0.5) is 14.5 Å². The number of hydrogen-bond donors (Lipinski definition) is 1. The molecule has 1 aromatic carbocycles. The number of benzene rings is 1. The molecule has 0 aliphatic heterocycles. The largest absolute Gasteiger partial charge is 0.322 e. The summed E-state index contributed by atoms with van der Waals surface area (Å²) >= 11 is 1.79. The lowest BCUT2D eigenvalue weighted by atomic mass is 10.3. The molecule has 1 aromatic rings. The first-order valence-corrected chi connectivity index (χ1v) is 5.61. The van der Waals surface area contributed by atoms with Crippen molar-refractivity contribution >= 4 is 34.2 Å². The standard InChI is InChI=1S/C10H8F2INO/c11-6-3-7(12)9(8(13)4-6)14-10(15)5-1-2-5/h3-5H,1-2H2,(H,14,15). The zero-order valence-electron chi connectivity index (χ0n) is 7.69. The van der Waals surface area contributed by atoms with Crippen molar-refractivity contribution in [1.29, 1.82) is 0 Å². The Morgan fingerprint density at radius 2 is 2.07 bits per heavy atom. The summed E-state index contributed by atoms with van der Waals surface area (Å²) in [6, 6.07) is 1.96. The highest BCUT2D eigenvalue weighted by molar-refractivity contribution is 14.1. The average Bonchev–Trinajstić information content (AvgIpc) is 2.93. The second-order valence-electron chi connectivity index (χ2n) is 3.51. The van der Waals surface area contributed by atoms with Gasteiger partial charge in [-0.15, -0.1) is 0 Å². The van der Waals surface area contributed by atoms with Crippen molar-refractivity contribution in [2.75, 3.05) is 5.32 Å². The molecule has 0 aromatic heterocycles. The van der Waals surface area contributed by atoms with E-state index in [2.05, 4.69) is 5.32 Å². The van der Waals surface area contributed by atoms with Crippen molar-refractivity contribution in [3.8, 4) is 0 Å². The first-order valence-electron chi connectivity index (χ1n) is 4.53. The number of carbonyl (C=O) groups is 1. The molecule has 2 nitrogen and oxygen atoms in total. The van der Waals surface area contributed by atoms with Crippen LogP contribution in [0.5, 0.6) is 0 Å². The SMILES string of the molecule is O=C(Nc1c(F)cc(F)cc1I)C1CC1. The topological polar surface area (TPSA) is 29.1 Å². The van der Waals surface area contributed by atoms with Gasteiger partial charge in [0.25, 0.3) is 0 Å². The van der Waals surface area contributed by atoms with Crippen molar-refractivity contribution < 1.29 is 13.6 Å². The first-order chi connectivity index (χ1) is 7.08. The monoisotopic (exact) mass is 323 g/mol. The number of amides is 1. The number of anilines is 1. The molecule has 0 unspecified atom stereocenters. The summed E-state index contributed by atoms with van der Waals surface area (Å²) in [4.78, 5) is 11.4. The fraction of sp³-hybridized carbons (Fsp3) is 0.300. The molecule has 0 heterocycles. The van der Waals surface area contributed by atoms with Gasteiger partial charge in [-0.1, -0.05) is 0 Å². The maximum absolute atomic E-state index is 13.3. The molecular formula is C10H8F2INO. The van der Waals surface area contributed by atoms with Crippen molar-refractivity contribution in [3.05, 3.63) is 27.3 Å². The van der Waals surface area contributed by atoms with Crippen LogP contribution < -0.4 is 5.32 Å². The quantitative estimate of drug-likeness (QED) is 0.833. The van der Waals surface area contributed by atoms with Gasteiger partial charge in [0, 0.05) is 15.6 Å². The normalized spacial score (nSPS) is 15.1. The van der Waals surface area contributed by atoms with Gasteiger partial charge in [-0.2, -0.15) is 0 Å². The summed E-state index contributed by atoms with van der Waals surface area (Å²) in [7, 11) is 0. The van der Waals surface area contributed by atoms with Crippen LogP contribution in [0.1, 0.15) is 12.8 Å². The van der Waals surface area contributed by atoms with E-state index in [1.165, 1.54) is 6.07 Å². The summed E-state index contributed by atoms with van der Waals surface area (Å²) in [5, 5.41) is 2.48. The lowest BCUT2D eigenvalue weighted by Gasteiger charge is -2.07. The number of rotatable bonds is 2. The fourth-order valence-electron chi connectivity index (χ4n) is 1.23. The third kappa shape index (κ3) is 2.45. The molecule has 80 valence electrons. The van der Waals surface area contributed by atoms with Gasteiger partial charge in [0.15, 0.2) is 5.82 Å². The molecule has 15 heavy (non-hydrogen) atoms. The second kappa shape index (κ2) is 4.03. The fourth-order valence-corrected chi connectivity index (χ4v) is 1.92. The van der Waals surface area contributed by atoms with Crippen LogP contribution >= 0.6 is 22.6 Å². The Kier molecular flexibility index (Phi) is 2.90. The van der Waals surface area contributed by atoms with E-state index in [1.807, 2.05) is 0 Å². The van der Waals surface area contributed by atoms with Gasteiger partial charge in [0.05, 0.1) is 5.69 Å². The van der Waals surface area contributed by atoms with Crippen LogP contribution in [0.15, 0.2) is 12.1 Å². The average molecular weight is 323 g/mol. The van der Waals surface area contributed by atoms with E-state index in [1.54, 1.807) is 22.6 Å². The van der Waals surface area contributed by atoms with E-state index in [0.717, 1.165) is 18.9 Å². The molecule has 1 saturated carbocycles. The lowest BCUT2D eigenvalue weighted by molar-refractivity contribution is -0.117. The number of nitrogens with one attached hydrogen (secondary N) is 1. The zero-order chi connectivity index (χ0) is 11.0. The highest BCUT2D eigenvalue weighted by atomic mass is 127. The third-order valence-electron chi connectivity index (χ3n) is 2.20. The van der Waals surface area contributed by atoms with Crippen molar-refractivity contribution in [2.45, 2.75) is 12.8 Å². The molecule has 1 N–H and O–H groups in total. The van der Waals surface area contributed by atoms with Crippen molar-refractivity contribution in [2.24, 2.45) is 5.92 Å². The van der Waals surface area contributed by atoms with Crippen LogP contribution in [-0.4, -0.2) is 5.91 Å². The van der Waals surface area contributed by atoms with Crippen LogP contribution in [0.2, 0.25) is 0 Å². The number of halogens is 3. The Balaban J connectivity index is 2.23. The van der Waals surface area contributed by atoms with Gasteiger partial charge in [-0.05, 0) is 41.5 Å². The molecule has 1 amide bonds. The molecule has 2 rings (SSSR count). The minimum absolute atomic E-state index is 0.00486. The smallest absolute Gasteiger partial charge is 0.227 e. The lowest BCUT2D eigenvalue weighted by Crippen LogP contribution is -2.15. The maximum Gasteiger partial charge on any atom is 0.227 e. The van der Waals surface area contributed by atoms with E-state index < -0.39 is 11.6 Å². The zero-order valence-corrected chi connectivity index (χ0v) is 9.85. The summed E-state index contributed by atoms with van der Waals surface area (Å²) < 4.78 is 26.4. The minimum atomic E-state index is -0.728. The third-order valence-corrected chi connectivity index (χ3v) is 3.05. The molecule has 1 fully saturated rings. The summed E-state index contributed by atoms with van der Waals surface area (Å²) in [5.41, 5.74) is 0.0777. The molecule has 5 heteroatoms.